The fourth-order valence-electron chi connectivity index (χ4n) is 2.40. The molecule has 1 aromatic heterocycles. The molecule has 0 bridgehead atoms. The van der Waals surface area contributed by atoms with E-state index in [1.54, 1.807) is 10.9 Å². The third-order valence-corrected chi connectivity index (χ3v) is 3.38. The molecule has 7 heteroatoms. The molecule has 0 spiro atoms. The van der Waals surface area contributed by atoms with E-state index >= 15 is 0 Å². The van der Waals surface area contributed by atoms with Gasteiger partial charge in [0.25, 0.3) is 0 Å². The van der Waals surface area contributed by atoms with E-state index in [1.807, 2.05) is 0 Å². The zero-order valence-electron chi connectivity index (χ0n) is 11.4. The largest absolute Gasteiger partial charge is 0.487 e. The normalized spacial score (nSPS) is 18.1. The van der Waals surface area contributed by atoms with Crippen LogP contribution in [0.5, 0.6) is 5.75 Å². The monoisotopic (exact) mass is 294 g/mol. The van der Waals surface area contributed by atoms with Crippen molar-refractivity contribution in [2.75, 3.05) is 6.54 Å². The topological polar surface area (TPSA) is 52.0 Å². The Balaban J connectivity index is 1.56. The summed E-state index contributed by atoms with van der Waals surface area (Å²) in [6.07, 6.45) is 4.10. The molecule has 1 fully saturated rings. The Kier molecular flexibility index (Phi) is 4.10. The van der Waals surface area contributed by atoms with E-state index in [0.717, 1.165) is 37.7 Å². The van der Waals surface area contributed by atoms with Crippen molar-refractivity contribution in [3.8, 4) is 5.75 Å². The van der Waals surface area contributed by atoms with Crippen molar-refractivity contribution in [3.63, 3.8) is 0 Å². The van der Waals surface area contributed by atoms with E-state index in [9.17, 15) is 8.78 Å². The fourth-order valence-corrected chi connectivity index (χ4v) is 2.40. The quantitative estimate of drug-likeness (QED) is 0.915. The fraction of sp³-hybridized carbons (Fsp3) is 0.429. The summed E-state index contributed by atoms with van der Waals surface area (Å²) in [7, 11) is 0. The Bertz CT molecular complexity index is 591. The van der Waals surface area contributed by atoms with Crippen LogP contribution in [0.25, 0.3) is 0 Å². The van der Waals surface area contributed by atoms with Gasteiger partial charge in [-0.15, -0.1) is 5.10 Å². The SMILES string of the molecule is Fc1cc(F)cc(OCc2cn(C[C@H]3CCCN3)nn2)c1. The van der Waals surface area contributed by atoms with Gasteiger partial charge in [0.1, 0.15) is 29.7 Å². The summed E-state index contributed by atoms with van der Waals surface area (Å²) in [5.74, 6) is -1.19. The van der Waals surface area contributed by atoms with Gasteiger partial charge in [-0.05, 0) is 19.4 Å². The molecule has 1 aromatic carbocycles. The maximum absolute atomic E-state index is 13.0. The molecule has 0 aliphatic carbocycles. The van der Waals surface area contributed by atoms with Crippen molar-refractivity contribution in [3.05, 3.63) is 41.7 Å². The Morgan fingerprint density at radius 1 is 1.29 bits per heavy atom. The lowest BCUT2D eigenvalue weighted by Gasteiger charge is -2.08. The molecule has 1 N–H and O–H groups in total. The molecule has 0 amide bonds. The summed E-state index contributed by atoms with van der Waals surface area (Å²) < 4.78 is 33.1. The van der Waals surface area contributed by atoms with Gasteiger partial charge in [0.05, 0.1) is 12.7 Å². The number of rotatable bonds is 5. The van der Waals surface area contributed by atoms with E-state index in [-0.39, 0.29) is 12.4 Å². The number of benzene rings is 1. The van der Waals surface area contributed by atoms with Crippen LogP contribution < -0.4 is 10.1 Å². The highest BCUT2D eigenvalue weighted by molar-refractivity contribution is 5.23. The molecule has 5 nitrogen and oxygen atoms in total. The van der Waals surface area contributed by atoms with Crippen LogP contribution in [0.2, 0.25) is 0 Å². The number of halogens is 2. The standard InChI is InChI=1S/C14H16F2N4O/c15-10-4-11(16)6-14(5-10)21-9-13-8-20(19-18-13)7-12-2-1-3-17-12/h4-6,8,12,17H,1-3,7,9H2/t12-/m1/s1. The molecule has 112 valence electrons. The first-order valence-corrected chi connectivity index (χ1v) is 6.90. The van der Waals surface area contributed by atoms with Crippen molar-refractivity contribution in [1.82, 2.24) is 20.3 Å². The minimum absolute atomic E-state index is 0.126. The van der Waals surface area contributed by atoms with Gasteiger partial charge in [-0.25, -0.2) is 8.78 Å². The molecule has 3 rings (SSSR count). The van der Waals surface area contributed by atoms with Gasteiger partial charge in [0.15, 0.2) is 0 Å². The molecule has 2 heterocycles. The Labute approximate surface area is 120 Å². The molecule has 0 radical (unpaired) electrons. The van der Waals surface area contributed by atoms with Crippen LogP contribution in [0.1, 0.15) is 18.5 Å². The number of hydrogen-bond acceptors (Lipinski definition) is 4. The summed E-state index contributed by atoms with van der Waals surface area (Å²) >= 11 is 0. The third kappa shape index (κ3) is 3.75. The van der Waals surface area contributed by atoms with Gasteiger partial charge in [0.2, 0.25) is 0 Å². The van der Waals surface area contributed by atoms with Crippen LogP contribution >= 0.6 is 0 Å². The van der Waals surface area contributed by atoms with Gasteiger partial charge in [-0.3, -0.25) is 4.68 Å². The molecule has 1 saturated heterocycles. The second kappa shape index (κ2) is 6.17. The van der Waals surface area contributed by atoms with Crippen molar-refractivity contribution in [2.45, 2.75) is 32.0 Å². The van der Waals surface area contributed by atoms with E-state index in [1.165, 1.54) is 6.42 Å². The molecule has 2 aromatic rings. The van der Waals surface area contributed by atoms with E-state index in [0.29, 0.717) is 11.7 Å². The highest BCUT2D eigenvalue weighted by Crippen LogP contribution is 2.16. The molecular formula is C14H16F2N4O. The maximum atomic E-state index is 13.0. The molecular weight excluding hydrogens is 278 g/mol. The van der Waals surface area contributed by atoms with Crippen LogP contribution in [0.4, 0.5) is 8.78 Å². The minimum Gasteiger partial charge on any atom is -0.487 e. The van der Waals surface area contributed by atoms with Crippen molar-refractivity contribution in [1.29, 1.82) is 0 Å². The number of ether oxygens (including phenoxy) is 1. The van der Waals surface area contributed by atoms with Gasteiger partial charge in [-0.2, -0.15) is 0 Å². The predicted molar refractivity (Wildman–Crippen MR) is 71.7 cm³/mol. The lowest BCUT2D eigenvalue weighted by atomic mass is 10.2. The summed E-state index contributed by atoms with van der Waals surface area (Å²) in [5.41, 5.74) is 0.623. The molecule has 1 aliphatic rings. The zero-order valence-corrected chi connectivity index (χ0v) is 11.4. The summed E-state index contributed by atoms with van der Waals surface area (Å²) in [4.78, 5) is 0. The summed E-state index contributed by atoms with van der Waals surface area (Å²) in [5, 5.41) is 11.4. The maximum Gasteiger partial charge on any atom is 0.134 e. The van der Waals surface area contributed by atoms with E-state index in [2.05, 4.69) is 15.6 Å². The smallest absolute Gasteiger partial charge is 0.134 e. The zero-order chi connectivity index (χ0) is 14.7. The first-order chi connectivity index (χ1) is 10.2. The van der Waals surface area contributed by atoms with Crippen LogP contribution in [0.3, 0.4) is 0 Å². The lowest BCUT2D eigenvalue weighted by Crippen LogP contribution is -2.26. The van der Waals surface area contributed by atoms with Gasteiger partial charge >= 0.3 is 0 Å². The average molecular weight is 294 g/mol. The molecule has 1 aliphatic heterocycles. The van der Waals surface area contributed by atoms with Crippen molar-refractivity contribution >= 4 is 0 Å². The first-order valence-electron chi connectivity index (χ1n) is 6.90. The number of nitrogens with zero attached hydrogens (tertiary/aromatic N) is 3. The summed E-state index contributed by atoms with van der Waals surface area (Å²) in [6.45, 7) is 1.93. The molecule has 1 atom stereocenters. The van der Waals surface area contributed by atoms with Crippen LogP contribution in [0.15, 0.2) is 24.4 Å². The van der Waals surface area contributed by atoms with E-state index in [4.69, 9.17) is 4.74 Å². The number of nitrogens with one attached hydrogen (secondary N) is 1. The van der Waals surface area contributed by atoms with Crippen LogP contribution in [-0.4, -0.2) is 27.6 Å². The molecule has 0 saturated carbocycles. The first kappa shape index (κ1) is 13.9. The van der Waals surface area contributed by atoms with Gasteiger partial charge < -0.3 is 10.1 Å². The van der Waals surface area contributed by atoms with Crippen LogP contribution in [-0.2, 0) is 13.2 Å². The van der Waals surface area contributed by atoms with Crippen molar-refractivity contribution < 1.29 is 13.5 Å². The summed E-state index contributed by atoms with van der Waals surface area (Å²) in [6, 6.07) is 3.50. The number of hydrogen-bond donors (Lipinski definition) is 1. The number of aromatic nitrogens is 3. The average Bonchev–Trinajstić information content (AvgIpc) is 3.08. The highest BCUT2D eigenvalue weighted by Gasteiger charge is 2.15. The predicted octanol–water partition coefficient (Wildman–Crippen LogP) is 1.89. The molecule has 21 heavy (non-hydrogen) atoms. The van der Waals surface area contributed by atoms with Gasteiger partial charge in [0, 0.05) is 24.2 Å². The Morgan fingerprint density at radius 3 is 2.81 bits per heavy atom. The van der Waals surface area contributed by atoms with Crippen LogP contribution in [0, 0.1) is 11.6 Å². The Morgan fingerprint density at radius 2 is 2.10 bits per heavy atom. The van der Waals surface area contributed by atoms with E-state index < -0.39 is 11.6 Å². The second-order valence-corrected chi connectivity index (χ2v) is 5.12. The third-order valence-electron chi connectivity index (χ3n) is 3.38. The highest BCUT2D eigenvalue weighted by atomic mass is 19.1. The second-order valence-electron chi connectivity index (χ2n) is 5.12. The Hall–Kier alpha value is -2.02. The van der Waals surface area contributed by atoms with Crippen molar-refractivity contribution in [2.24, 2.45) is 0 Å². The molecule has 0 unspecified atom stereocenters. The van der Waals surface area contributed by atoms with Gasteiger partial charge in [-0.1, -0.05) is 5.21 Å². The lowest BCUT2D eigenvalue weighted by molar-refractivity contribution is 0.297. The minimum atomic E-state index is -0.666.